The van der Waals surface area contributed by atoms with Crippen LogP contribution in [0.15, 0.2) is 186 Å². The zero-order valence-electron chi connectivity index (χ0n) is 30.0. The van der Waals surface area contributed by atoms with Crippen LogP contribution in [0.25, 0.3) is 116 Å². The summed E-state index contributed by atoms with van der Waals surface area (Å²) < 4.78 is 8.68. The largest absolute Gasteiger partial charge is 0.456 e. The van der Waals surface area contributed by atoms with Crippen LogP contribution in [0, 0.1) is 0 Å². The van der Waals surface area contributed by atoms with Crippen molar-refractivity contribution >= 4 is 76.1 Å². The Balaban J connectivity index is 1.16. The molecule has 0 spiro atoms. The number of furan rings is 1. The van der Waals surface area contributed by atoms with Gasteiger partial charge in [0.25, 0.3) is 0 Å². The average Bonchev–Trinajstić information content (AvgIpc) is 3.82. The predicted molar refractivity (Wildman–Crippen MR) is 230 cm³/mol. The number of fused-ring (bicyclic) bond motifs is 12. The highest BCUT2D eigenvalue weighted by Gasteiger charge is 2.21. The molecule has 0 aliphatic carbocycles. The van der Waals surface area contributed by atoms with Crippen LogP contribution >= 0.6 is 0 Å². The number of para-hydroxylation sites is 4. The number of benzene rings is 9. The summed E-state index contributed by atoms with van der Waals surface area (Å²) in [4.78, 5) is 16.0. The van der Waals surface area contributed by atoms with Crippen LogP contribution in [0.5, 0.6) is 0 Å². The van der Waals surface area contributed by atoms with E-state index in [9.17, 15) is 0 Å². The topological polar surface area (TPSA) is 56.7 Å². The molecule has 0 saturated heterocycles. The van der Waals surface area contributed by atoms with Gasteiger partial charge in [0.05, 0.1) is 16.7 Å². The van der Waals surface area contributed by atoms with E-state index in [0.29, 0.717) is 17.5 Å². The predicted octanol–water partition coefficient (Wildman–Crippen LogP) is 13.3. The lowest BCUT2D eigenvalue weighted by atomic mass is 9.93. The SMILES string of the molecule is c1ccc(-n2c3ccccc3c3ccccc32)c(-c2nc(-c3ccc4c5ccccc5c5ccccc5c4c3)nc(-c3cccc4oc5ccccc5c34)n2)c1. The van der Waals surface area contributed by atoms with Gasteiger partial charge in [-0.3, -0.25) is 0 Å². The zero-order valence-corrected chi connectivity index (χ0v) is 30.0. The van der Waals surface area contributed by atoms with Crippen LogP contribution in [0.1, 0.15) is 0 Å². The molecule has 3 aromatic heterocycles. The summed E-state index contributed by atoms with van der Waals surface area (Å²) >= 11 is 0. The Bertz CT molecular complexity index is 3470. The van der Waals surface area contributed by atoms with E-state index in [1.54, 1.807) is 0 Å². The summed E-state index contributed by atoms with van der Waals surface area (Å²) in [6.07, 6.45) is 0. The van der Waals surface area contributed by atoms with Gasteiger partial charge in [-0.2, -0.15) is 0 Å². The third-order valence-electron chi connectivity index (χ3n) is 11.2. The second-order valence-corrected chi connectivity index (χ2v) is 14.3. The van der Waals surface area contributed by atoms with Gasteiger partial charge in [-0.05, 0) is 74.8 Å². The molecular formula is C51H30N4O. The molecule has 0 saturated carbocycles. The molecule has 0 aliphatic heterocycles. The van der Waals surface area contributed by atoms with Crippen LogP contribution in [0.4, 0.5) is 0 Å². The molecule has 0 atom stereocenters. The van der Waals surface area contributed by atoms with Crippen LogP contribution in [-0.2, 0) is 0 Å². The second kappa shape index (κ2) is 11.9. The van der Waals surface area contributed by atoms with Crippen molar-refractivity contribution in [3.05, 3.63) is 182 Å². The van der Waals surface area contributed by atoms with Crippen molar-refractivity contribution in [1.82, 2.24) is 19.5 Å². The molecule has 0 N–H and O–H groups in total. The molecule has 3 heterocycles. The molecule has 9 aromatic carbocycles. The van der Waals surface area contributed by atoms with Gasteiger partial charge >= 0.3 is 0 Å². The van der Waals surface area contributed by atoms with E-state index in [-0.39, 0.29) is 0 Å². The Morgan fingerprint density at radius 1 is 0.339 bits per heavy atom. The first-order valence-electron chi connectivity index (χ1n) is 18.9. The van der Waals surface area contributed by atoms with Gasteiger partial charge in [-0.1, -0.05) is 140 Å². The molecule has 0 radical (unpaired) electrons. The standard InChI is InChI=1S/C51H30N4O/c1-2-16-34-32(14-1)33-15-3-4-17-35(33)42-30-31(28-29-36(34)42)49-52-50(54-51(53-49)41-22-13-27-47-48(41)40-21-8-12-26-46(40)56-47)39-20-7-11-25-45(39)55-43-23-9-5-18-37(43)38-19-6-10-24-44(38)55/h1-30H. The Labute approximate surface area is 320 Å². The van der Waals surface area contributed by atoms with Gasteiger partial charge in [0.15, 0.2) is 17.5 Å². The van der Waals surface area contributed by atoms with Gasteiger partial charge in [0, 0.05) is 38.2 Å². The van der Waals surface area contributed by atoms with Crippen molar-refractivity contribution in [3.8, 4) is 39.9 Å². The molecule has 56 heavy (non-hydrogen) atoms. The summed E-state index contributed by atoms with van der Waals surface area (Å²) in [5.74, 6) is 1.78. The van der Waals surface area contributed by atoms with Crippen molar-refractivity contribution in [3.63, 3.8) is 0 Å². The fourth-order valence-corrected chi connectivity index (χ4v) is 8.79. The van der Waals surface area contributed by atoms with E-state index < -0.39 is 0 Å². The van der Waals surface area contributed by atoms with Crippen molar-refractivity contribution in [2.75, 3.05) is 0 Å². The third kappa shape index (κ3) is 4.52. The van der Waals surface area contributed by atoms with E-state index >= 15 is 0 Å². The smallest absolute Gasteiger partial charge is 0.166 e. The van der Waals surface area contributed by atoms with E-state index in [1.165, 1.54) is 37.7 Å². The minimum Gasteiger partial charge on any atom is -0.456 e. The van der Waals surface area contributed by atoms with E-state index in [0.717, 1.165) is 60.7 Å². The Hall–Kier alpha value is -7.63. The Kier molecular flexibility index (Phi) is 6.56. The molecule has 0 unspecified atom stereocenters. The van der Waals surface area contributed by atoms with Crippen LogP contribution in [-0.4, -0.2) is 19.5 Å². The van der Waals surface area contributed by atoms with Crippen molar-refractivity contribution < 1.29 is 4.42 Å². The second-order valence-electron chi connectivity index (χ2n) is 14.3. The highest BCUT2D eigenvalue weighted by Crippen LogP contribution is 2.40. The maximum atomic E-state index is 6.34. The fourth-order valence-electron chi connectivity index (χ4n) is 8.79. The Morgan fingerprint density at radius 3 is 1.52 bits per heavy atom. The molecule has 5 heteroatoms. The summed E-state index contributed by atoms with van der Waals surface area (Å²) in [5, 5.41) is 11.7. The maximum Gasteiger partial charge on any atom is 0.166 e. The van der Waals surface area contributed by atoms with Crippen molar-refractivity contribution in [2.45, 2.75) is 0 Å². The molecule has 12 rings (SSSR count). The molecule has 12 aromatic rings. The third-order valence-corrected chi connectivity index (χ3v) is 11.2. The van der Waals surface area contributed by atoms with Crippen molar-refractivity contribution in [2.24, 2.45) is 0 Å². The highest BCUT2D eigenvalue weighted by molar-refractivity contribution is 6.25. The molecule has 0 bridgehead atoms. The normalized spacial score (nSPS) is 11.9. The van der Waals surface area contributed by atoms with Crippen LogP contribution < -0.4 is 0 Å². The number of hydrogen-bond acceptors (Lipinski definition) is 4. The molecular weight excluding hydrogens is 685 g/mol. The summed E-state index contributed by atoms with van der Waals surface area (Å²) in [6.45, 7) is 0. The van der Waals surface area contributed by atoms with Crippen LogP contribution in [0.2, 0.25) is 0 Å². The first-order chi connectivity index (χ1) is 27.8. The number of nitrogens with zero attached hydrogens (tertiary/aromatic N) is 4. The van der Waals surface area contributed by atoms with Gasteiger partial charge in [-0.15, -0.1) is 0 Å². The highest BCUT2D eigenvalue weighted by atomic mass is 16.3. The van der Waals surface area contributed by atoms with E-state index in [2.05, 4.69) is 156 Å². The number of hydrogen-bond donors (Lipinski definition) is 0. The quantitative estimate of drug-likeness (QED) is 0.170. The minimum atomic E-state index is 0.586. The molecule has 260 valence electrons. The first-order valence-corrected chi connectivity index (χ1v) is 18.9. The monoisotopic (exact) mass is 714 g/mol. The lowest BCUT2D eigenvalue weighted by Gasteiger charge is -2.15. The molecule has 0 aliphatic rings. The fraction of sp³-hybridized carbons (Fsp3) is 0. The van der Waals surface area contributed by atoms with Gasteiger partial charge in [-0.25, -0.2) is 15.0 Å². The van der Waals surface area contributed by atoms with Crippen molar-refractivity contribution in [1.29, 1.82) is 0 Å². The molecule has 0 amide bonds. The maximum absolute atomic E-state index is 6.34. The lowest BCUT2D eigenvalue weighted by Crippen LogP contribution is -2.03. The Morgan fingerprint density at radius 2 is 0.821 bits per heavy atom. The van der Waals surface area contributed by atoms with Gasteiger partial charge in [0.1, 0.15) is 11.2 Å². The number of rotatable bonds is 4. The molecule has 0 fully saturated rings. The van der Waals surface area contributed by atoms with Crippen LogP contribution in [0.3, 0.4) is 0 Å². The van der Waals surface area contributed by atoms with E-state index in [1.807, 2.05) is 30.3 Å². The van der Waals surface area contributed by atoms with Gasteiger partial charge in [0.2, 0.25) is 0 Å². The number of aromatic nitrogens is 4. The molecule has 5 nitrogen and oxygen atoms in total. The summed E-state index contributed by atoms with van der Waals surface area (Å²) in [7, 11) is 0. The van der Waals surface area contributed by atoms with E-state index in [4.69, 9.17) is 19.4 Å². The average molecular weight is 715 g/mol. The first kappa shape index (κ1) is 30.8. The van der Waals surface area contributed by atoms with Gasteiger partial charge < -0.3 is 8.98 Å². The summed E-state index contributed by atoms with van der Waals surface area (Å²) in [5.41, 5.74) is 7.58. The summed E-state index contributed by atoms with van der Waals surface area (Å²) in [6, 6.07) is 63.8. The lowest BCUT2D eigenvalue weighted by molar-refractivity contribution is 0.669. The minimum absolute atomic E-state index is 0.586. The zero-order chi connectivity index (χ0) is 36.7.